The summed E-state index contributed by atoms with van der Waals surface area (Å²) in [7, 11) is -3.42. The fourth-order valence-electron chi connectivity index (χ4n) is 3.60. The molecule has 6 nitrogen and oxygen atoms in total. The lowest BCUT2D eigenvalue weighted by Gasteiger charge is -2.36. The van der Waals surface area contributed by atoms with Gasteiger partial charge in [0.15, 0.2) is 0 Å². The van der Waals surface area contributed by atoms with Gasteiger partial charge in [-0.3, -0.25) is 9.10 Å². The van der Waals surface area contributed by atoms with E-state index in [0.717, 1.165) is 11.3 Å². The number of sulfonamides is 1. The van der Waals surface area contributed by atoms with E-state index in [9.17, 15) is 17.6 Å². The molecule has 1 amide bonds. The van der Waals surface area contributed by atoms with Gasteiger partial charge in [0.1, 0.15) is 5.82 Å². The van der Waals surface area contributed by atoms with E-state index >= 15 is 0 Å². The molecular weight excluding hydrogens is 405 g/mol. The first-order valence-electron chi connectivity index (χ1n) is 10.1. The number of aryl methyl sites for hydroxylation is 1. The number of nitrogens with zero attached hydrogens (tertiary/aromatic N) is 3. The summed E-state index contributed by atoms with van der Waals surface area (Å²) >= 11 is 0. The molecule has 162 valence electrons. The summed E-state index contributed by atoms with van der Waals surface area (Å²) < 4.78 is 38.8. The van der Waals surface area contributed by atoms with Crippen LogP contribution in [0.3, 0.4) is 0 Å². The van der Waals surface area contributed by atoms with Gasteiger partial charge >= 0.3 is 0 Å². The van der Waals surface area contributed by atoms with Gasteiger partial charge in [0, 0.05) is 44.8 Å². The Morgan fingerprint density at radius 2 is 1.60 bits per heavy atom. The molecule has 1 saturated heterocycles. The Kier molecular flexibility index (Phi) is 6.97. The maximum atomic E-state index is 13.1. The Hall–Kier alpha value is -2.61. The Morgan fingerprint density at radius 1 is 1.00 bits per heavy atom. The van der Waals surface area contributed by atoms with Crippen LogP contribution in [0.1, 0.15) is 18.4 Å². The summed E-state index contributed by atoms with van der Waals surface area (Å²) in [5.74, 6) is -0.229. The third-order valence-electron chi connectivity index (χ3n) is 5.30. The van der Waals surface area contributed by atoms with Crippen molar-refractivity contribution in [1.29, 1.82) is 0 Å². The van der Waals surface area contributed by atoms with Crippen LogP contribution < -0.4 is 9.21 Å². The lowest BCUT2D eigenvalue weighted by molar-refractivity contribution is -0.131. The zero-order valence-corrected chi connectivity index (χ0v) is 18.2. The number of rotatable bonds is 7. The van der Waals surface area contributed by atoms with Gasteiger partial charge in [-0.1, -0.05) is 17.7 Å². The Bertz CT molecular complexity index is 954. The highest BCUT2D eigenvalue weighted by Gasteiger charge is 2.22. The monoisotopic (exact) mass is 433 g/mol. The number of hydrogen-bond donors (Lipinski definition) is 0. The normalized spacial score (nSPS) is 14.6. The first-order chi connectivity index (χ1) is 14.2. The van der Waals surface area contributed by atoms with Gasteiger partial charge in [0.2, 0.25) is 15.9 Å². The molecule has 2 aromatic carbocycles. The van der Waals surface area contributed by atoms with Gasteiger partial charge in [-0.2, -0.15) is 0 Å². The van der Waals surface area contributed by atoms with Gasteiger partial charge in [0.25, 0.3) is 0 Å². The molecule has 0 spiro atoms. The van der Waals surface area contributed by atoms with Gasteiger partial charge in [-0.25, -0.2) is 12.8 Å². The molecule has 0 N–H and O–H groups in total. The molecule has 2 aromatic rings. The minimum Gasteiger partial charge on any atom is -0.368 e. The molecule has 0 saturated carbocycles. The summed E-state index contributed by atoms with van der Waals surface area (Å²) in [5, 5.41) is 0. The van der Waals surface area contributed by atoms with Crippen LogP contribution in [0.2, 0.25) is 0 Å². The summed E-state index contributed by atoms with van der Waals surface area (Å²) in [6.45, 7) is 4.80. The number of piperazine rings is 1. The van der Waals surface area contributed by atoms with Crippen LogP contribution in [0.25, 0.3) is 0 Å². The van der Waals surface area contributed by atoms with E-state index in [2.05, 4.69) is 4.90 Å². The molecule has 30 heavy (non-hydrogen) atoms. The fourth-order valence-corrected chi connectivity index (χ4v) is 4.56. The topological polar surface area (TPSA) is 60.9 Å². The highest BCUT2D eigenvalue weighted by atomic mass is 32.2. The van der Waals surface area contributed by atoms with E-state index < -0.39 is 10.0 Å². The third kappa shape index (κ3) is 5.72. The van der Waals surface area contributed by atoms with E-state index in [0.29, 0.717) is 44.7 Å². The van der Waals surface area contributed by atoms with Crippen molar-refractivity contribution < 1.29 is 17.6 Å². The Morgan fingerprint density at radius 3 is 2.17 bits per heavy atom. The largest absolute Gasteiger partial charge is 0.368 e. The second-order valence-electron chi connectivity index (χ2n) is 7.62. The SMILES string of the molecule is Cc1ccc(N(CCCC(=O)N2CCN(c3ccc(F)cc3)CC2)S(C)(=O)=O)cc1. The maximum absolute atomic E-state index is 13.1. The second-order valence-corrected chi connectivity index (χ2v) is 9.53. The Labute approximate surface area is 177 Å². The van der Waals surface area contributed by atoms with Crippen molar-refractivity contribution in [2.45, 2.75) is 19.8 Å². The number of carbonyl (C=O) groups excluding carboxylic acids is 1. The maximum Gasteiger partial charge on any atom is 0.232 e. The summed E-state index contributed by atoms with van der Waals surface area (Å²) in [6.07, 6.45) is 1.94. The first-order valence-corrected chi connectivity index (χ1v) is 11.9. The molecule has 1 heterocycles. The molecular formula is C22H28FN3O3S. The van der Waals surface area contributed by atoms with Crippen molar-refractivity contribution in [3.8, 4) is 0 Å². The first kappa shape index (κ1) is 22.1. The molecule has 1 aliphatic heterocycles. The standard InChI is InChI=1S/C22H28FN3O3S/c1-18-5-9-21(10-6-18)26(30(2,28)29)13-3-4-22(27)25-16-14-24(15-17-25)20-11-7-19(23)8-12-20/h5-12H,3-4,13-17H2,1-2H3. The molecule has 0 aliphatic carbocycles. The Balaban J connectivity index is 1.50. The molecule has 8 heteroatoms. The quantitative estimate of drug-likeness (QED) is 0.674. The minimum atomic E-state index is -3.42. The predicted octanol–water partition coefficient (Wildman–Crippen LogP) is 3.03. The number of anilines is 2. The van der Waals surface area contributed by atoms with E-state index in [1.165, 1.54) is 22.7 Å². The average Bonchev–Trinajstić information content (AvgIpc) is 2.72. The minimum absolute atomic E-state index is 0.0334. The molecule has 0 unspecified atom stereocenters. The van der Waals surface area contributed by atoms with E-state index in [4.69, 9.17) is 0 Å². The number of hydrogen-bond acceptors (Lipinski definition) is 4. The fraction of sp³-hybridized carbons (Fsp3) is 0.409. The van der Waals surface area contributed by atoms with Crippen LogP contribution in [0.4, 0.5) is 15.8 Å². The van der Waals surface area contributed by atoms with Crippen molar-refractivity contribution in [1.82, 2.24) is 4.90 Å². The average molecular weight is 434 g/mol. The van der Waals surface area contributed by atoms with Crippen LogP contribution in [-0.2, 0) is 14.8 Å². The van der Waals surface area contributed by atoms with Crippen molar-refractivity contribution >= 4 is 27.3 Å². The summed E-state index contributed by atoms with van der Waals surface area (Å²) in [6, 6.07) is 13.7. The van der Waals surface area contributed by atoms with Crippen molar-refractivity contribution in [3.63, 3.8) is 0 Å². The number of amides is 1. The molecule has 0 radical (unpaired) electrons. The van der Waals surface area contributed by atoms with E-state index in [1.54, 1.807) is 24.3 Å². The molecule has 1 fully saturated rings. The lowest BCUT2D eigenvalue weighted by Crippen LogP contribution is -2.48. The van der Waals surface area contributed by atoms with Crippen LogP contribution in [-0.4, -0.2) is 58.2 Å². The van der Waals surface area contributed by atoms with Crippen molar-refractivity contribution in [3.05, 3.63) is 59.9 Å². The highest BCUT2D eigenvalue weighted by Crippen LogP contribution is 2.20. The lowest BCUT2D eigenvalue weighted by atomic mass is 10.2. The smallest absolute Gasteiger partial charge is 0.232 e. The third-order valence-corrected chi connectivity index (χ3v) is 6.49. The molecule has 0 aromatic heterocycles. The number of halogens is 1. The zero-order valence-electron chi connectivity index (χ0n) is 17.4. The van der Waals surface area contributed by atoms with Crippen LogP contribution in [0.15, 0.2) is 48.5 Å². The molecule has 3 rings (SSSR count). The van der Waals surface area contributed by atoms with E-state index in [1.807, 2.05) is 24.0 Å². The summed E-state index contributed by atoms with van der Waals surface area (Å²) in [5.41, 5.74) is 2.62. The van der Waals surface area contributed by atoms with Crippen LogP contribution in [0, 0.1) is 12.7 Å². The molecule has 0 bridgehead atoms. The van der Waals surface area contributed by atoms with Crippen molar-refractivity contribution in [2.24, 2.45) is 0 Å². The van der Waals surface area contributed by atoms with Gasteiger partial charge in [0.05, 0.1) is 11.9 Å². The number of benzene rings is 2. The summed E-state index contributed by atoms with van der Waals surface area (Å²) in [4.78, 5) is 16.5. The van der Waals surface area contributed by atoms with Gasteiger partial charge in [-0.05, 0) is 49.7 Å². The van der Waals surface area contributed by atoms with Crippen LogP contribution in [0.5, 0.6) is 0 Å². The van der Waals surface area contributed by atoms with Crippen molar-refractivity contribution in [2.75, 3.05) is 48.2 Å². The van der Waals surface area contributed by atoms with Gasteiger partial charge < -0.3 is 9.80 Å². The predicted molar refractivity (Wildman–Crippen MR) is 118 cm³/mol. The molecule has 1 aliphatic rings. The second kappa shape index (κ2) is 9.47. The van der Waals surface area contributed by atoms with E-state index in [-0.39, 0.29) is 18.3 Å². The van der Waals surface area contributed by atoms with Crippen LogP contribution >= 0.6 is 0 Å². The molecule has 0 atom stereocenters. The van der Waals surface area contributed by atoms with Gasteiger partial charge in [-0.15, -0.1) is 0 Å². The zero-order chi connectivity index (χ0) is 21.7. The highest BCUT2D eigenvalue weighted by molar-refractivity contribution is 7.92. The number of carbonyl (C=O) groups is 1.